The summed E-state index contributed by atoms with van der Waals surface area (Å²) in [7, 11) is -3.17. The van der Waals surface area contributed by atoms with Crippen molar-refractivity contribution in [2.24, 2.45) is 0 Å². The summed E-state index contributed by atoms with van der Waals surface area (Å²) in [4.78, 5) is 14.6. The van der Waals surface area contributed by atoms with Crippen LogP contribution in [0.1, 0.15) is 48.7 Å². The summed E-state index contributed by atoms with van der Waals surface area (Å²) in [5, 5.41) is 0. The Morgan fingerprint density at radius 1 is 1.11 bits per heavy atom. The highest BCUT2D eigenvalue weighted by Crippen LogP contribution is 2.25. The molecule has 0 radical (unpaired) electrons. The quantitative estimate of drug-likeness (QED) is 0.777. The predicted octanol–water partition coefficient (Wildman–Crippen LogP) is 3.95. The number of carbonyl (C=O) groups is 1. The van der Waals surface area contributed by atoms with Crippen LogP contribution >= 0.6 is 0 Å². The average molecular weight is 404 g/mol. The molecule has 0 aliphatic carbocycles. The Balaban J connectivity index is 1.91. The van der Waals surface area contributed by atoms with Crippen molar-refractivity contribution in [3.63, 3.8) is 0 Å². The fourth-order valence-corrected chi connectivity index (χ4v) is 5.21. The number of hydrogen-bond acceptors (Lipinski definition) is 3. The van der Waals surface area contributed by atoms with Crippen molar-refractivity contribution in [2.75, 3.05) is 11.5 Å². The van der Waals surface area contributed by atoms with Crippen molar-refractivity contribution in [1.82, 2.24) is 4.90 Å². The van der Waals surface area contributed by atoms with Gasteiger partial charge in [-0.1, -0.05) is 57.2 Å². The molecule has 0 N–H and O–H groups in total. The van der Waals surface area contributed by atoms with Crippen LogP contribution in [0.2, 0.25) is 0 Å². The highest BCUT2D eigenvalue weighted by molar-refractivity contribution is 7.91. The van der Waals surface area contributed by atoms with E-state index in [-0.39, 0.29) is 29.0 Å². The number of benzene rings is 2. The summed E-state index contributed by atoms with van der Waals surface area (Å²) in [6.07, 6.45) is 0.378. The lowest BCUT2D eigenvalue weighted by Crippen LogP contribution is -2.41. The zero-order valence-electron chi connectivity index (χ0n) is 16.5. The summed E-state index contributed by atoms with van der Waals surface area (Å²) in [6.45, 7) is 6.62. The van der Waals surface area contributed by atoms with Gasteiger partial charge in [0.05, 0.1) is 17.1 Å². The first kappa shape index (κ1) is 20.5. The Morgan fingerprint density at radius 3 is 2.29 bits per heavy atom. The van der Waals surface area contributed by atoms with Gasteiger partial charge in [0.2, 0.25) is 0 Å². The fourth-order valence-electron chi connectivity index (χ4n) is 3.48. The Hall–Kier alpha value is -2.21. The minimum Gasteiger partial charge on any atom is -0.330 e. The van der Waals surface area contributed by atoms with Gasteiger partial charge in [0.1, 0.15) is 5.82 Å². The van der Waals surface area contributed by atoms with Crippen LogP contribution in [0.3, 0.4) is 0 Å². The molecule has 1 aliphatic heterocycles. The molecule has 0 aromatic heterocycles. The fraction of sp³-hybridized carbons (Fsp3) is 0.409. The maximum Gasteiger partial charge on any atom is 0.257 e. The first-order valence-corrected chi connectivity index (χ1v) is 11.2. The van der Waals surface area contributed by atoms with Gasteiger partial charge in [0.25, 0.3) is 5.91 Å². The van der Waals surface area contributed by atoms with E-state index in [1.54, 1.807) is 6.07 Å². The van der Waals surface area contributed by atoms with Gasteiger partial charge in [0, 0.05) is 12.6 Å². The summed E-state index contributed by atoms with van der Waals surface area (Å²) in [5.41, 5.74) is 2.05. The lowest BCUT2D eigenvalue weighted by atomic mass is 9.86. The number of nitrogens with zero attached hydrogens (tertiary/aromatic N) is 1. The van der Waals surface area contributed by atoms with E-state index in [1.165, 1.54) is 28.7 Å². The number of carbonyl (C=O) groups excluding carboxylic acids is 1. The van der Waals surface area contributed by atoms with E-state index in [0.717, 1.165) is 5.56 Å². The molecule has 4 nitrogen and oxygen atoms in total. The molecule has 0 saturated carbocycles. The van der Waals surface area contributed by atoms with Gasteiger partial charge in [0.15, 0.2) is 9.84 Å². The van der Waals surface area contributed by atoms with Gasteiger partial charge in [-0.25, -0.2) is 12.8 Å². The smallest absolute Gasteiger partial charge is 0.257 e. The molecule has 0 bridgehead atoms. The standard InChI is InChI=1S/C22H26FNO3S/c1-22(2,3)17-10-8-16(9-11-17)14-24(18-12-13-28(26,27)15-18)21(25)19-6-4-5-7-20(19)23/h4-11,18H,12-15H2,1-3H3/t18-/m0/s1. The molecule has 1 amide bonds. The van der Waals surface area contributed by atoms with E-state index in [2.05, 4.69) is 20.8 Å². The Kier molecular flexibility index (Phi) is 5.62. The van der Waals surface area contributed by atoms with E-state index in [9.17, 15) is 17.6 Å². The van der Waals surface area contributed by atoms with E-state index < -0.39 is 27.6 Å². The number of halogens is 1. The van der Waals surface area contributed by atoms with Crippen molar-refractivity contribution in [3.05, 3.63) is 71.0 Å². The molecule has 6 heteroatoms. The van der Waals surface area contributed by atoms with Crippen molar-refractivity contribution in [3.8, 4) is 0 Å². The molecule has 150 valence electrons. The predicted molar refractivity (Wildman–Crippen MR) is 108 cm³/mol. The van der Waals surface area contributed by atoms with Gasteiger partial charge >= 0.3 is 0 Å². The maximum absolute atomic E-state index is 14.2. The summed E-state index contributed by atoms with van der Waals surface area (Å²) >= 11 is 0. The van der Waals surface area contributed by atoms with Crippen molar-refractivity contribution in [2.45, 2.75) is 45.2 Å². The normalized spacial score (nSPS) is 18.8. The monoisotopic (exact) mass is 403 g/mol. The third-order valence-corrected chi connectivity index (χ3v) is 6.94. The van der Waals surface area contributed by atoms with Crippen LogP contribution in [-0.4, -0.2) is 36.8 Å². The van der Waals surface area contributed by atoms with Gasteiger partial charge in [-0.3, -0.25) is 4.79 Å². The molecule has 1 saturated heterocycles. The lowest BCUT2D eigenvalue weighted by molar-refractivity contribution is 0.0676. The molecule has 1 aliphatic rings. The highest BCUT2D eigenvalue weighted by Gasteiger charge is 2.35. The Bertz CT molecular complexity index is 962. The number of hydrogen-bond donors (Lipinski definition) is 0. The number of rotatable bonds is 4. The molecule has 2 aromatic carbocycles. The molecule has 28 heavy (non-hydrogen) atoms. The molecule has 0 unspecified atom stereocenters. The Labute approximate surface area is 166 Å². The first-order valence-electron chi connectivity index (χ1n) is 9.42. The second-order valence-corrected chi connectivity index (χ2v) is 10.6. The van der Waals surface area contributed by atoms with Gasteiger partial charge < -0.3 is 4.90 Å². The van der Waals surface area contributed by atoms with Gasteiger partial charge in [-0.2, -0.15) is 0 Å². The zero-order valence-corrected chi connectivity index (χ0v) is 17.3. The van der Waals surface area contributed by atoms with Crippen LogP contribution in [0.5, 0.6) is 0 Å². The molecular formula is C22H26FNO3S. The average Bonchev–Trinajstić information content (AvgIpc) is 2.99. The summed E-state index contributed by atoms with van der Waals surface area (Å²) in [5.74, 6) is -1.09. The first-order chi connectivity index (χ1) is 13.1. The molecule has 1 heterocycles. The maximum atomic E-state index is 14.2. The van der Waals surface area contributed by atoms with Gasteiger partial charge in [-0.15, -0.1) is 0 Å². The van der Waals surface area contributed by atoms with Crippen LogP contribution in [-0.2, 0) is 21.8 Å². The summed E-state index contributed by atoms with van der Waals surface area (Å²) in [6, 6.07) is 13.3. The van der Waals surface area contributed by atoms with Crippen LogP contribution in [0.15, 0.2) is 48.5 Å². The van der Waals surface area contributed by atoms with Gasteiger partial charge in [-0.05, 0) is 35.1 Å². The molecule has 0 spiro atoms. The third kappa shape index (κ3) is 4.61. The Morgan fingerprint density at radius 2 is 1.75 bits per heavy atom. The second kappa shape index (κ2) is 7.66. The third-order valence-electron chi connectivity index (χ3n) is 5.19. The molecule has 1 atom stereocenters. The molecule has 2 aromatic rings. The highest BCUT2D eigenvalue weighted by atomic mass is 32.2. The van der Waals surface area contributed by atoms with Crippen LogP contribution in [0, 0.1) is 5.82 Å². The number of amides is 1. The molecule has 3 rings (SSSR count). The van der Waals surface area contributed by atoms with Crippen molar-refractivity contribution >= 4 is 15.7 Å². The van der Waals surface area contributed by atoms with E-state index in [0.29, 0.717) is 6.42 Å². The topological polar surface area (TPSA) is 54.5 Å². The summed E-state index contributed by atoms with van der Waals surface area (Å²) < 4.78 is 38.1. The van der Waals surface area contributed by atoms with Crippen LogP contribution in [0.4, 0.5) is 4.39 Å². The largest absolute Gasteiger partial charge is 0.330 e. The van der Waals surface area contributed by atoms with E-state index in [1.807, 2.05) is 24.3 Å². The SMILES string of the molecule is CC(C)(C)c1ccc(CN(C(=O)c2ccccc2F)[C@H]2CCS(=O)(=O)C2)cc1. The minimum atomic E-state index is -3.17. The van der Waals surface area contributed by atoms with E-state index in [4.69, 9.17) is 0 Å². The van der Waals surface area contributed by atoms with E-state index >= 15 is 0 Å². The molecule has 1 fully saturated rings. The number of sulfone groups is 1. The molecular weight excluding hydrogens is 377 g/mol. The lowest BCUT2D eigenvalue weighted by Gasteiger charge is -2.29. The minimum absolute atomic E-state index is 0.0146. The van der Waals surface area contributed by atoms with Crippen LogP contribution < -0.4 is 0 Å². The second-order valence-electron chi connectivity index (χ2n) is 8.42. The van der Waals surface area contributed by atoms with Crippen molar-refractivity contribution < 1.29 is 17.6 Å². The van der Waals surface area contributed by atoms with Crippen molar-refractivity contribution in [1.29, 1.82) is 0 Å². The van der Waals surface area contributed by atoms with Crippen LogP contribution in [0.25, 0.3) is 0 Å². The zero-order chi connectivity index (χ0) is 20.5.